The molecule has 1 atom stereocenters. The Kier molecular flexibility index (Phi) is 4.56. The molecule has 2 aromatic carbocycles. The van der Waals surface area contributed by atoms with E-state index in [1.807, 2.05) is 12.1 Å². The first-order chi connectivity index (χ1) is 14.8. The van der Waals surface area contributed by atoms with Crippen LogP contribution < -0.4 is 9.62 Å². The van der Waals surface area contributed by atoms with Crippen LogP contribution in [-0.4, -0.2) is 33.4 Å². The Labute approximate surface area is 183 Å². The molecule has 0 unspecified atom stereocenters. The van der Waals surface area contributed by atoms with Crippen LogP contribution >= 0.6 is 11.3 Å². The number of nitrogens with zero attached hydrogens (tertiary/aromatic N) is 1. The molecule has 0 saturated heterocycles. The Morgan fingerprint density at radius 2 is 1.90 bits per heavy atom. The monoisotopic (exact) mass is 456 g/mol. The maximum absolute atomic E-state index is 13.3. The fraction of sp³-hybridized carbons (Fsp3) is 0.273. The van der Waals surface area contributed by atoms with Crippen LogP contribution in [0.3, 0.4) is 0 Å². The van der Waals surface area contributed by atoms with E-state index in [0.29, 0.717) is 21.6 Å². The van der Waals surface area contributed by atoms with Gasteiger partial charge in [0, 0.05) is 10.3 Å². The highest BCUT2D eigenvalue weighted by atomic mass is 32.2. The number of carbonyl (C=O) groups is 2. The Morgan fingerprint density at radius 1 is 1.16 bits per heavy atom. The second kappa shape index (κ2) is 7.06. The molecule has 0 fully saturated rings. The lowest BCUT2D eigenvalue weighted by Gasteiger charge is -2.25. The summed E-state index contributed by atoms with van der Waals surface area (Å²) in [6.45, 7) is 1.55. The van der Waals surface area contributed by atoms with E-state index in [1.54, 1.807) is 31.2 Å². The molecule has 0 saturated carbocycles. The highest BCUT2D eigenvalue weighted by Gasteiger charge is 2.41. The van der Waals surface area contributed by atoms with Crippen molar-refractivity contribution in [1.82, 2.24) is 0 Å². The number of aryl methyl sites for hydroxylation is 1. The number of hydrogen-bond donors (Lipinski definition) is 1. The van der Waals surface area contributed by atoms with Crippen molar-refractivity contribution in [2.24, 2.45) is 0 Å². The van der Waals surface area contributed by atoms with Crippen LogP contribution in [0.1, 0.15) is 34.1 Å². The maximum Gasteiger partial charge on any atom is 0.341 e. The summed E-state index contributed by atoms with van der Waals surface area (Å²) in [6, 6.07) is 9.43. The third kappa shape index (κ3) is 2.87. The van der Waals surface area contributed by atoms with Gasteiger partial charge in [-0.05, 0) is 49.3 Å². The molecule has 9 heteroatoms. The molecule has 0 radical (unpaired) electrons. The Hall–Kier alpha value is -2.91. The molecular formula is C22H20N2O5S2. The smallest absolute Gasteiger partial charge is 0.341 e. The van der Waals surface area contributed by atoms with Crippen LogP contribution in [0.15, 0.2) is 41.3 Å². The van der Waals surface area contributed by atoms with Crippen molar-refractivity contribution in [1.29, 1.82) is 0 Å². The van der Waals surface area contributed by atoms with Gasteiger partial charge in [0.1, 0.15) is 11.0 Å². The first-order valence-corrected chi connectivity index (χ1v) is 12.2. The number of hydrogen-bond acceptors (Lipinski definition) is 6. The topological polar surface area (TPSA) is 92.8 Å². The summed E-state index contributed by atoms with van der Waals surface area (Å²) in [5, 5.41) is 4.64. The fourth-order valence-corrected chi connectivity index (χ4v) is 7.62. The molecule has 1 aromatic heterocycles. The number of nitrogens with one attached hydrogen (secondary N) is 1. The molecule has 1 N–H and O–H groups in total. The lowest BCUT2D eigenvalue weighted by Crippen LogP contribution is -2.44. The molecule has 3 aromatic rings. The van der Waals surface area contributed by atoms with Gasteiger partial charge in [-0.15, -0.1) is 11.3 Å². The zero-order chi connectivity index (χ0) is 21.9. The third-order valence-corrected chi connectivity index (χ3v) is 9.03. The zero-order valence-electron chi connectivity index (χ0n) is 17.0. The minimum absolute atomic E-state index is 0.200. The number of ether oxygens (including phenoxy) is 1. The molecule has 1 aliphatic carbocycles. The largest absolute Gasteiger partial charge is 0.465 e. The molecule has 5 rings (SSSR count). The average molecular weight is 457 g/mol. The predicted octanol–water partition coefficient (Wildman–Crippen LogP) is 3.71. The summed E-state index contributed by atoms with van der Waals surface area (Å²) >= 11 is 1.36. The average Bonchev–Trinajstić information content (AvgIpc) is 3.39. The van der Waals surface area contributed by atoms with Gasteiger partial charge in [0.2, 0.25) is 5.91 Å². The van der Waals surface area contributed by atoms with Gasteiger partial charge in [-0.3, -0.25) is 9.10 Å². The minimum atomic E-state index is -3.88. The summed E-state index contributed by atoms with van der Waals surface area (Å²) in [7, 11) is -2.57. The van der Waals surface area contributed by atoms with Crippen LogP contribution in [0.5, 0.6) is 0 Å². The molecule has 2 heterocycles. The van der Waals surface area contributed by atoms with Gasteiger partial charge in [-0.2, -0.15) is 0 Å². The number of rotatable bonds is 4. The van der Waals surface area contributed by atoms with Crippen molar-refractivity contribution in [3.8, 4) is 0 Å². The molecule has 2 aliphatic rings. The normalized spacial score (nSPS) is 16.9. The summed E-state index contributed by atoms with van der Waals surface area (Å²) in [4.78, 5) is 26.8. The van der Waals surface area contributed by atoms with E-state index in [9.17, 15) is 18.0 Å². The highest BCUT2D eigenvalue weighted by molar-refractivity contribution is 7.93. The summed E-state index contributed by atoms with van der Waals surface area (Å²) in [6.07, 6.45) is 2.58. The van der Waals surface area contributed by atoms with E-state index >= 15 is 0 Å². The minimum Gasteiger partial charge on any atom is -0.465 e. The zero-order valence-corrected chi connectivity index (χ0v) is 18.6. The Bertz CT molecular complexity index is 1350. The van der Waals surface area contributed by atoms with Crippen molar-refractivity contribution in [3.63, 3.8) is 0 Å². The number of fused-ring (bicyclic) bond motifs is 1. The van der Waals surface area contributed by atoms with Crippen LogP contribution in [0, 0.1) is 0 Å². The van der Waals surface area contributed by atoms with Gasteiger partial charge in [0.25, 0.3) is 10.0 Å². The summed E-state index contributed by atoms with van der Waals surface area (Å²) in [5.41, 5.74) is 1.79. The van der Waals surface area contributed by atoms with Crippen molar-refractivity contribution >= 4 is 54.7 Å². The lowest BCUT2D eigenvalue weighted by atomic mass is 10.1. The van der Waals surface area contributed by atoms with Crippen molar-refractivity contribution in [2.75, 3.05) is 16.7 Å². The number of thiophene rings is 1. The summed E-state index contributed by atoms with van der Waals surface area (Å²) in [5.74, 6) is -0.994. The number of esters is 1. The van der Waals surface area contributed by atoms with Crippen LogP contribution in [-0.2, 0) is 32.4 Å². The van der Waals surface area contributed by atoms with E-state index < -0.39 is 27.9 Å². The van der Waals surface area contributed by atoms with Crippen molar-refractivity contribution < 1.29 is 22.7 Å². The molecule has 0 spiro atoms. The second-order valence-corrected chi connectivity index (χ2v) is 10.5. The van der Waals surface area contributed by atoms with Crippen LogP contribution in [0.25, 0.3) is 10.8 Å². The molecular weight excluding hydrogens is 436 g/mol. The molecule has 7 nitrogen and oxygen atoms in total. The third-order valence-electron chi connectivity index (χ3n) is 5.90. The van der Waals surface area contributed by atoms with E-state index in [2.05, 4.69) is 5.32 Å². The standard InChI is InChI=1S/C22H20N2O5S2/c1-12(20(25)23-21-19(22(26)29-2)14-8-5-10-16(14)30-21)24-15-9-3-6-13-7-4-11-17(18(13)15)31(24,27)28/h3-4,6-7,9,11-12H,5,8,10H2,1-2H3,(H,23,25)/t12-/m0/s1. The van der Waals surface area contributed by atoms with E-state index in [4.69, 9.17) is 4.74 Å². The Balaban J connectivity index is 1.51. The number of carbonyl (C=O) groups excluding carboxylic acids is 2. The van der Waals surface area contributed by atoms with Gasteiger partial charge in [-0.25, -0.2) is 13.2 Å². The lowest BCUT2D eigenvalue weighted by molar-refractivity contribution is -0.116. The van der Waals surface area contributed by atoms with Crippen molar-refractivity contribution in [3.05, 3.63) is 52.4 Å². The second-order valence-electron chi connectivity index (χ2n) is 7.65. The maximum atomic E-state index is 13.3. The van der Waals surface area contributed by atoms with E-state index in [1.165, 1.54) is 22.8 Å². The predicted molar refractivity (Wildman–Crippen MR) is 119 cm³/mol. The van der Waals surface area contributed by atoms with E-state index in [-0.39, 0.29) is 4.90 Å². The molecule has 1 aliphatic heterocycles. The molecule has 31 heavy (non-hydrogen) atoms. The first-order valence-electron chi connectivity index (χ1n) is 9.94. The first kappa shape index (κ1) is 20.0. The summed E-state index contributed by atoms with van der Waals surface area (Å²) < 4.78 is 32.6. The number of sulfonamides is 1. The SMILES string of the molecule is COC(=O)c1c(NC(=O)[C@H](C)N2c3cccc4cccc(c34)S2(=O)=O)sc2c1CCC2. The van der Waals surface area contributed by atoms with Gasteiger partial charge in [0.15, 0.2) is 0 Å². The van der Waals surface area contributed by atoms with Gasteiger partial charge in [0.05, 0.1) is 23.3 Å². The number of anilines is 2. The van der Waals surface area contributed by atoms with Crippen molar-refractivity contribution in [2.45, 2.75) is 37.1 Å². The van der Waals surface area contributed by atoms with E-state index in [0.717, 1.165) is 35.1 Å². The number of amides is 1. The number of benzene rings is 2. The Morgan fingerprint density at radius 3 is 2.65 bits per heavy atom. The fourth-order valence-electron chi connectivity index (χ4n) is 4.47. The van der Waals surface area contributed by atoms with Crippen LogP contribution in [0.2, 0.25) is 0 Å². The molecule has 0 bridgehead atoms. The van der Waals surface area contributed by atoms with Gasteiger partial charge in [-0.1, -0.05) is 24.3 Å². The number of methoxy groups -OCH3 is 1. The molecule has 1 amide bonds. The quantitative estimate of drug-likeness (QED) is 0.604. The van der Waals surface area contributed by atoms with Crippen LogP contribution in [0.4, 0.5) is 10.7 Å². The highest BCUT2D eigenvalue weighted by Crippen LogP contribution is 2.44. The molecule has 160 valence electrons. The van der Waals surface area contributed by atoms with Gasteiger partial charge >= 0.3 is 5.97 Å². The van der Waals surface area contributed by atoms with Gasteiger partial charge < -0.3 is 10.1 Å².